The van der Waals surface area contributed by atoms with Gasteiger partial charge in [0.25, 0.3) is 0 Å². The highest BCUT2D eigenvalue weighted by molar-refractivity contribution is 5.76. The summed E-state index contributed by atoms with van der Waals surface area (Å²) in [6.45, 7) is 8.10. The fourth-order valence-electron chi connectivity index (χ4n) is 2.31. The average molecular weight is 277 g/mol. The normalized spacial score (nSPS) is 12.3. The van der Waals surface area contributed by atoms with Gasteiger partial charge in [-0.2, -0.15) is 0 Å². The molecule has 0 heterocycles. The Morgan fingerprint density at radius 1 is 1.15 bits per heavy atom. The van der Waals surface area contributed by atoms with E-state index in [9.17, 15) is 9.90 Å². The Labute approximate surface area is 122 Å². The molecule has 112 valence electrons. The summed E-state index contributed by atoms with van der Waals surface area (Å²) < 4.78 is 0. The van der Waals surface area contributed by atoms with Gasteiger partial charge < -0.3 is 10.0 Å². The highest BCUT2D eigenvalue weighted by Crippen LogP contribution is 2.28. The third kappa shape index (κ3) is 5.33. The van der Waals surface area contributed by atoms with E-state index in [2.05, 4.69) is 26.0 Å². The first-order valence-corrected chi connectivity index (χ1v) is 7.14. The lowest BCUT2D eigenvalue weighted by Crippen LogP contribution is -2.40. The summed E-state index contributed by atoms with van der Waals surface area (Å²) in [7, 11) is 1.75. The third-order valence-corrected chi connectivity index (χ3v) is 3.57. The lowest BCUT2D eigenvalue weighted by atomic mass is 9.80. The fourth-order valence-corrected chi connectivity index (χ4v) is 2.31. The maximum Gasteiger partial charge on any atom is 0.222 e. The zero-order valence-electron chi connectivity index (χ0n) is 13.3. The van der Waals surface area contributed by atoms with Crippen molar-refractivity contribution in [1.82, 2.24) is 4.90 Å². The van der Waals surface area contributed by atoms with Crippen LogP contribution in [0.3, 0.4) is 0 Å². The van der Waals surface area contributed by atoms with Crippen LogP contribution in [0, 0.1) is 0 Å². The monoisotopic (exact) mass is 277 g/mol. The van der Waals surface area contributed by atoms with Crippen molar-refractivity contribution in [3.8, 4) is 0 Å². The Balaban J connectivity index is 2.56. The number of aliphatic hydroxyl groups is 1. The van der Waals surface area contributed by atoms with Crippen LogP contribution < -0.4 is 0 Å². The highest BCUT2D eigenvalue weighted by atomic mass is 16.3. The molecule has 0 radical (unpaired) electrons. The van der Waals surface area contributed by atoms with Crippen LogP contribution in [0.25, 0.3) is 0 Å². The topological polar surface area (TPSA) is 40.5 Å². The minimum absolute atomic E-state index is 0.0213. The van der Waals surface area contributed by atoms with Crippen LogP contribution in [-0.4, -0.2) is 35.1 Å². The molecule has 1 aromatic rings. The van der Waals surface area contributed by atoms with E-state index in [0.29, 0.717) is 13.0 Å². The molecule has 0 saturated heterocycles. The van der Waals surface area contributed by atoms with Crippen LogP contribution >= 0.6 is 0 Å². The molecule has 0 aliphatic heterocycles. The van der Waals surface area contributed by atoms with Crippen molar-refractivity contribution in [1.29, 1.82) is 0 Å². The van der Waals surface area contributed by atoms with Gasteiger partial charge in [0.15, 0.2) is 0 Å². The molecule has 0 spiro atoms. The molecule has 20 heavy (non-hydrogen) atoms. The Morgan fingerprint density at radius 3 is 2.20 bits per heavy atom. The molecular weight excluding hydrogens is 250 g/mol. The first-order chi connectivity index (χ1) is 9.12. The van der Waals surface area contributed by atoms with E-state index in [1.807, 2.05) is 18.2 Å². The summed E-state index contributed by atoms with van der Waals surface area (Å²) in [6.07, 6.45) is 1.29. The standard InChI is InChI=1S/C17H27NO2/c1-16(2,14-9-7-6-8-10-14)12-11-15(19)18(5)13-17(3,4)20/h6-10,20H,11-13H2,1-5H3. The van der Waals surface area contributed by atoms with Gasteiger partial charge in [-0.25, -0.2) is 0 Å². The Hall–Kier alpha value is -1.35. The van der Waals surface area contributed by atoms with Crippen LogP contribution in [-0.2, 0) is 10.2 Å². The zero-order chi connectivity index (χ0) is 15.4. The molecule has 0 fully saturated rings. The molecule has 3 nitrogen and oxygen atoms in total. The first-order valence-electron chi connectivity index (χ1n) is 7.14. The van der Waals surface area contributed by atoms with E-state index in [1.165, 1.54) is 5.56 Å². The number of rotatable bonds is 6. The maximum absolute atomic E-state index is 12.1. The van der Waals surface area contributed by atoms with Crippen molar-refractivity contribution in [3.05, 3.63) is 35.9 Å². The second-order valence-corrected chi connectivity index (χ2v) is 6.81. The zero-order valence-corrected chi connectivity index (χ0v) is 13.3. The summed E-state index contributed by atoms with van der Waals surface area (Å²) in [5.74, 6) is 0.0798. The number of benzene rings is 1. The maximum atomic E-state index is 12.1. The summed E-state index contributed by atoms with van der Waals surface area (Å²) >= 11 is 0. The van der Waals surface area contributed by atoms with Gasteiger partial charge >= 0.3 is 0 Å². The Kier molecular flexibility index (Phi) is 5.35. The molecule has 0 bridgehead atoms. The summed E-state index contributed by atoms with van der Waals surface area (Å²) in [6, 6.07) is 10.3. The molecule has 0 aromatic heterocycles. The SMILES string of the molecule is CN(CC(C)(C)O)C(=O)CCC(C)(C)c1ccccc1. The molecule has 0 saturated carbocycles. The van der Waals surface area contributed by atoms with Crippen LogP contribution in [0.4, 0.5) is 0 Å². The smallest absolute Gasteiger partial charge is 0.222 e. The predicted octanol–water partition coefficient (Wildman–Crippen LogP) is 2.97. The molecular formula is C17H27NO2. The van der Waals surface area contributed by atoms with Gasteiger partial charge in [-0.3, -0.25) is 4.79 Å². The first kappa shape index (κ1) is 16.7. The van der Waals surface area contributed by atoms with Gasteiger partial charge in [0, 0.05) is 20.0 Å². The lowest BCUT2D eigenvalue weighted by molar-refractivity contribution is -0.132. The van der Waals surface area contributed by atoms with Gasteiger partial charge in [0.2, 0.25) is 5.91 Å². The molecule has 0 aliphatic carbocycles. The van der Waals surface area contributed by atoms with Crippen molar-refractivity contribution in [2.24, 2.45) is 0 Å². The number of hydrogen-bond acceptors (Lipinski definition) is 2. The number of nitrogens with zero attached hydrogens (tertiary/aromatic N) is 1. The van der Waals surface area contributed by atoms with E-state index in [0.717, 1.165) is 6.42 Å². The Morgan fingerprint density at radius 2 is 1.70 bits per heavy atom. The molecule has 1 N–H and O–H groups in total. The third-order valence-electron chi connectivity index (χ3n) is 3.57. The molecule has 1 aromatic carbocycles. The number of hydrogen-bond donors (Lipinski definition) is 1. The van der Waals surface area contributed by atoms with Crippen LogP contribution in [0.15, 0.2) is 30.3 Å². The average Bonchev–Trinajstić information content (AvgIpc) is 2.35. The van der Waals surface area contributed by atoms with E-state index < -0.39 is 5.60 Å². The van der Waals surface area contributed by atoms with Crippen LogP contribution in [0.5, 0.6) is 0 Å². The van der Waals surface area contributed by atoms with Crippen molar-refractivity contribution in [3.63, 3.8) is 0 Å². The van der Waals surface area contributed by atoms with E-state index >= 15 is 0 Å². The van der Waals surface area contributed by atoms with E-state index in [1.54, 1.807) is 25.8 Å². The van der Waals surface area contributed by atoms with Crippen molar-refractivity contribution in [2.75, 3.05) is 13.6 Å². The van der Waals surface area contributed by atoms with E-state index in [4.69, 9.17) is 0 Å². The molecule has 0 aliphatic rings. The second kappa shape index (κ2) is 6.40. The number of likely N-dealkylation sites (N-methyl/N-ethyl adjacent to an activating group) is 1. The van der Waals surface area contributed by atoms with Crippen LogP contribution in [0.1, 0.15) is 46.1 Å². The quantitative estimate of drug-likeness (QED) is 0.868. The summed E-state index contributed by atoms with van der Waals surface area (Å²) in [4.78, 5) is 13.7. The lowest BCUT2D eigenvalue weighted by Gasteiger charge is -2.28. The fraction of sp³-hybridized carbons (Fsp3) is 0.588. The van der Waals surface area contributed by atoms with Gasteiger partial charge in [0.05, 0.1) is 5.60 Å². The van der Waals surface area contributed by atoms with Crippen molar-refractivity contribution < 1.29 is 9.90 Å². The summed E-state index contributed by atoms with van der Waals surface area (Å²) in [5, 5.41) is 9.75. The minimum atomic E-state index is -0.848. The minimum Gasteiger partial charge on any atom is -0.389 e. The molecule has 0 atom stereocenters. The van der Waals surface area contributed by atoms with Gasteiger partial charge in [-0.15, -0.1) is 0 Å². The molecule has 3 heteroatoms. The molecule has 1 rings (SSSR count). The van der Waals surface area contributed by atoms with E-state index in [-0.39, 0.29) is 11.3 Å². The molecule has 0 unspecified atom stereocenters. The van der Waals surface area contributed by atoms with Gasteiger partial charge in [-0.05, 0) is 31.2 Å². The predicted molar refractivity (Wildman–Crippen MR) is 82.6 cm³/mol. The molecule has 1 amide bonds. The van der Waals surface area contributed by atoms with Crippen molar-refractivity contribution in [2.45, 2.75) is 51.6 Å². The second-order valence-electron chi connectivity index (χ2n) is 6.81. The number of amides is 1. The summed E-state index contributed by atoms with van der Waals surface area (Å²) in [5.41, 5.74) is 0.379. The van der Waals surface area contributed by atoms with Crippen LogP contribution in [0.2, 0.25) is 0 Å². The Bertz CT molecular complexity index is 432. The number of carbonyl (C=O) groups is 1. The largest absolute Gasteiger partial charge is 0.389 e. The van der Waals surface area contributed by atoms with Crippen molar-refractivity contribution >= 4 is 5.91 Å². The van der Waals surface area contributed by atoms with Gasteiger partial charge in [0.1, 0.15) is 0 Å². The van der Waals surface area contributed by atoms with Gasteiger partial charge in [-0.1, -0.05) is 44.2 Å². The highest BCUT2D eigenvalue weighted by Gasteiger charge is 2.24. The number of carbonyl (C=O) groups excluding carboxylic acids is 1.